The van der Waals surface area contributed by atoms with Crippen molar-refractivity contribution in [3.63, 3.8) is 0 Å². The predicted octanol–water partition coefficient (Wildman–Crippen LogP) is 5.11. The molecule has 0 amide bonds. The predicted molar refractivity (Wildman–Crippen MR) is 77.6 cm³/mol. The van der Waals surface area contributed by atoms with Gasteiger partial charge in [-0.3, -0.25) is 4.79 Å². The van der Waals surface area contributed by atoms with Crippen LogP contribution < -0.4 is 0 Å². The van der Waals surface area contributed by atoms with Crippen LogP contribution in [0.2, 0.25) is 0 Å². The van der Waals surface area contributed by atoms with Crippen molar-refractivity contribution in [2.75, 3.05) is 6.61 Å². The molecule has 0 rings (SSSR count). The molecule has 18 heavy (non-hydrogen) atoms. The van der Waals surface area contributed by atoms with Crippen LogP contribution in [-0.4, -0.2) is 12.6 Å². The van der Waals surface area contributed by atoms with Gasteiger partial charge in [0.1, 0.15) is 0 Å². The van der Waals surface area contributed by atoms with Gasteiger partial charge in [-0.2, -0.15) is 0 Å². The molecule has 0 saturated heterocycles. The van der Waals surface area contributed by atoms with Crippen molar-refractivity contribution in [2.24, 2.45) is 5.41 Å². The third-order valence-electron chi connectivity index (χ3n) is 3.95. The molecule has 2 heteroatoms. The fourth-order valence-electron chi connectivity index (χ4n) is 2.35. The zero-order valence-corrected chi connectivity index (χ0v) is 12.9. The summed E-state index contributed by atoms with van der Waals surface area (Å²) >= 11 is 0. The van der Waals surface area contributed by atoms with E-state index < -0.39 is 0 Å². The first-order valence-corrected chi connectivity index (χ1v) is 7.73. The van der Waals surface area contributed by atoms with Gasteiger partial charge in [0.25, 0.3) is 0 Å². The highest BCUT2D eigenvalue weighted by molar-refractivity contribution is 5.69. The standard InChI is InChI=1S/C16H32O2/c1-5-8-9-10-13-16(4,6-2)14-11-12-15(17)18-7-3/h5-14H2,1-4H3. The topological polar surface area (TPSA) is 26.3 Å². The third-order valence-corrected chi connectivity index (χ3v) is 3.95. The number of carbonyl (C=O) groups is 1. The minimum atomic E-state index is -0.0399. The lowest BCUT2D eigenvalue weighted by Gasteiger charge is -2.28. The Labute approximate surface area is 113 Å². The molecule has 0 aliphatic rings. The van der Waals surface area contributed by atoms with Crippen LogP contribution in [0.1, 0.15) is 85.5 Å². The summed E-state index contributed by atoms with van der Waals surface area (Å²) in [7, 11) is 0. The maximum absolute atomic E-state index is 11.3. The number of rotatable bonds is 11. The van der Waals surface area contributed by atoms with Crippen LogP contribution >= 0.6 is 0 Å². The van der Waals surface area contributed by atoms with E-state index in [1.807, 2.05) is 6.92 Å². The lowest BCUT2D eigenvalue weighted by Crippen LogP contribution is -2.16. The normalized spacial score (nSPS) is 14.2. The van der Waals surface area contributed by atoms with E-state index in [-0.39, 0.29) is 5.97 Å². The maximum Gasteiger partial charge on any atom is 0.305 e. The highest BCUT2D eigenvalue weighted by Gasteiger charge is 2.21. The van der Waals surface area contributed by atoms with Crippen LogP contribution in [0.3, 0.4) is 0 Å². The summed E-state index contributed by atoms with van der Waals surface area (Å²) in [6.45, 7) is 9.25. The summed E-state index contributed by atoms with van der Waals surface area (Å²) in [5.74, 6) is -0.0399. The van der Waals surface area contributed by atoms with Crippen molar-refractivity contribution in [1.82, 2.24) is 0 Å². The van der Waals surface area contributed by atoms with E-state index in [4.69, 9.17) is 4.74 Å². The summed E-state index contributed by atoms with van der Waals surface area (Å²) in [6, 6.07) is 0. The summed E-state index contributed by atoms with van der Waals surface area (Å²) < 4.78 is 4.96. The monoisotopic (exact) mass is 256 g/mol. The highest BCUT2D eigenvalue weighted by Crippen LogP contribution is 2.34. The zero-order chi connectivity index (χ0) is 13.9. The van der Waals surface area contributed by atoms with Crippen LogP contribution in [-0.2, 0) is 9.53 Å². The molecular formula is C16H32O2. The lowest BCUT2D eigenvalue weighted by molar-refractivity contribution is -0.143. The number of hydrogen-bond acceptors (Lipinski definition) is 2. The van der Waals surface area contributed by atoms with E-state index in [1.54, 1.807) is 0 Å². The average Bonchev–Trinajstić information content (AvgIpc) is 2.35. The van der Waals surface area contributed by atoms with Gasteiger partial charge in [0.2, 0.25) is 0 Å². The molecule has 0 spiro atoms. The molecule has 0 heterocycles. The molecule has 0 aromatic heterocycles. The molecule has 0 fully saturated rings. The smallest absolute Gasteiger partial charge is 0.305 e. The van der Waals surface area contributed by atoms with Crippen molar-refractivity contribution in [3.8, 4) is 0 Å². The zero-order valence-electron chi connectivity index (χ0n) is 12.9. The van der Waals surface area contributed by atoms with Gasteiger partial charge < -0.3 is 4.74 Å². The minimum absolute atomic E-state index is 0.0399. The van der Waals surface area contributed by atoms with Crippen molar-refractivity contribution in [3.05, 3.63) is 0 Å². The van der Waals surface area contributed by atoms with E-state index in [0.717, 1.165) is 12.8 Å². The molecule has 0 bridgehead atoms. The summed E-state index contributed by atoms with van der Waals surface area (Å²) in [5.41, 5.74) is 0.417. The molecule has 0 aliphatic heterocycles. The van der Waals surface area contributed by atoms with E-state index in [2.05, 4.69) is 20.8 Å². The first kappa shape index (κ1) is 17.5. The first-order valence-electron chi connectivity index (χ1n) is 7.73. The summed E-state index contributed by atoms with van der Waals surface area (Å²) in [6.07, 6.45) is 10.5. The molecule has 1 unspecified atom stereocenters. The van der Waals surface area contributed by atoms with Crippen molar-refractivity contribution >= 4 is 5.97 Å². The van der Waals surface area contributed by atoms with Gasteiger partial charge in [-0.1, -0.05) is 52.9 Å². The van der Waals surface area contributed by atoms with Gasteiger partial charge in [0.15, 0.2) is 0 Å². The van der Waals surface area contributed by atoms with Gasteiger partial charge >= 0.3 is 5.97 Å². The van der Waals surface area contributed by atoms with Crippen LogP contribution in [0.25, 0.3) is 0 Å². The Morgan fingerprint density at radius 2 is 1.67 bits per heavy atom. The fourth-order valence-corrected chi connectivity index (χ4v) is 2.35. The Morgan fingerprint density at radius 1 is 1.00 bits per heavy atom. The highest BCUT2D eigenvalue weighted by atomic mass is 16.5. The number of carbonyl (C=O) groups excluding carboxylic acids is 1. The van der Waals surface area contributed by atoms with Gasteiger partial charge in [-0.15, -0.1) is 0 Å². The van der Waals surface area contributed by atoms with Crippen LogP contribution in [0, 0.1) is 5.41 Å². The maximum atomic E-state index is 11.3. The number of unbranched alkanes of at least 4 members (excludes halogenated alkanes) is 3. The van der Waals surface area contributed by atoms with Crippen LogP contribution in [0.5, 0.6) is 0 Å². The molecule has 0 radical (unpaired) electrons. The average molecular weight is 256 g/mol. The molecule has 0 N–H and O–H groups in total. The Balaban J connectivity index is 3.81. The summed E-state index contributed by atoms with van der Waals surface area (Å²) in [5, 5.41) is 0. The summed E-state index contributed by atoms with van der Waals surface area (Å²) in [4.78, 5) is 11.3. The van der Waals surface area contributed by atoms with Gasteiger partial charge in [0, 0.05) is 6.42 Å². The van der Waals surface area contributed by atoms with E-state index in [0.29, 0.717) is 18.4 Å². The Kier molecular flexibility index (Phi) is 10.1. The molecule has 0 aromatic carbocycles. The van der Waals surface area contributed by atoms with Crippen molar-refractivity contribution in [2.45, 2.75) is 85.5 Å². The SMILES string of the molecule is CCCCCCC(C)(CC)CCCC(=O)OCC. The second-order valence-electron chi connectivity index (χ2n) is 5.63. The molecule has 2 nitrogen and oxygen atoms in total. The molecular weight excluding hydrogens is 224 g/mol. The van der Waals surface area contributed by atoms with Crippen LogP contribution in [0.4, 0.5) is 0 Å². The number of ether oxygens (including phenoxy) is 1. The van der Waals surface area contributed by atoms with Crippen molar-refractivity contribution in [1.29, 1.82) is 0 Å². The Morgan fingerprint density at radius 3 is 2.22 bits per heavy atom. The van der Waals surface area contributed by atoms with Gasteiger partial charge in [-0.05, 0) is 31.6 Å². The van der Waals surface area contributed by atoms with E-state index in [9.17, 15) is 4.79 Å². The Bertz CT molecular complexity index is 213. The number of esters is 1. The lowest BCUT2D eigenvalue weighted by atomic mass is 9.78. The Hall–Kier alpha value is -0.530. The second-order valence-corrected chi connectivity index (χ2v) is 5.63. The number of hydrogen-bond donors (Lipinski definition) is 0. The quantitative estimate of drug-likeness (QED) is 0.379. The van der Waals surface area contributed by atoms with Crippen molar-refractivity contribution < 1.29 is 9.53 Å². The van der Waals surface area contributed by atoms with E-state index in [1.165, 1.54) is 38.5 Å². The molecule has 0 saturated carbocycles. The van der Waals surface area contributed by atoms with Gasteiger partial charge in [-0.25, -0.2) is 0 Å². The van der Waals surface area contributed by atoms with E-state index >= 15 is 0 Å². The van der Waals surface area contributed by atoms with Crippen LogP contribution in [0.15, 0.2) is 0 Å². The fraction of sp³-hybridized carbons (Fsp3) is 0.938. The third kappa shape index (κ3) is 8.54. The van der Waals surface area contributed by atoms with Gasteiger partial charge in [0.05, 0.1) is 6.61 Å². The molecule has 1 atom stereocenters. The molecule has 0 aromatic rings. The second kappa shape index (κ2) is 10.4. The largest absolute Gasteiger partial charge is 0.466 e. The molecule has 0 aliphatic carbocycles. The minimum Gasteiger partial charge on any atom is -0.466 e. The first-order chi connectivity index (χ1) is 8.58. The molecule has 108 valence electrons.